The molecule has 3 rings (SSSR count). The lowest BCUT2D eigenvalue weighted by Crippen LogP contribution is -2.25. The van der Waals surface area contributed by atoms with Crippen LogP contribution in [0.15, 0.2) is 42.7 Å². The first-order chi connectivity index (χ1) is 11.7. The second-order valence-corrected chi connectivity index (χ2v) is 5.96. The predicted molar refractivity (Wildman–Crippen MR) is 94.8 cm³/mol. The normalized spacial score (nSPS) is 15.4. The highest BCUT2D eigenvalue weighted by Gasteiger charge is 2.12. The second kappa shape index (κ2) is 7.73. The molecular formula is C19H21N3O2. The van der Waals surface area contributed by atoms with E-state index in [4.69, 9.17) is 10.1 Å². The van der Waals surface area contributed by atoms with Crippen LogP contribution in [0.1, 0.15) is 31.2 Å². The lowest BCUT2D eigenvalue weighted by atomic mass is 10.1. The lowest BCUT2D eigenvalue weighted by Gasteiger charge is -2.21. The number of aliphatic carboxylic acids is 1. The van der Waals surface area contributed by atoms with E-state index in [0.29, 0.717) is 0 Å². The smallest absolute Gasteiger partial charge is 0.328 e. The van der Waals surface area contributed by atoms with E-state index in [0.717, 1.165) is 41.8 Å². The highest BCUT2D eigenvalue weighted by Crippen LogP contribution is 2.22. The van der Waals surface area contributed by atoms with Crippen LogP contribution in [-0.4, -0.2) is 34.1 Å². The Labute approximate surface area is 141 Å². The molecule has 2 aromatic rings. The van der Waals surface area contributed by atoms with Crippen molar-refractivity contribution in [1.82, 2.24) is 9.97 Å². The van der Waals surface area contributed by atoms with Crippen molar-refractivity contribution in [3.8, 4) is 11.3 Å². The summed E-state index contributed by atoms with van der Waals surface area (Å²) in [7, 11) is 0. The van der Waals surface area contributed by atoms with Gasteiger partial charge in [0.1, 0.15) is 5.82 Å². The van der Waals surface area contributed by atoms with Crippen molar-refractivity contribution in [3.63, 3.8) is 0 Å². The van der Waals surface area contributed by atoms with Gasteiger partial charge < -0.3 is 10.0 Å². The Morgan fingerprint density at radius 3 is 2.67 bits per heavy atom. The van der Waals surface area contributed by atoms with Gasteiger partial charge in [0.05, 0.1) is 18.1 Å². The first-order valence-electron chi connectivity index (χ1n) is 8.31. The molecule has 1 N–H and O–H groups in total. The molecule has 1 aliphatic rings. The van der Waals surface area contributed by atoms with E-state index >= 15 is 0 Å². The van der Waals surface area contributed by atoms with Crippen molar-refractivity contribution in [1.29, 1.82) is 0 Å². The Kier molecular flexibility index (Phi) is 5.21. The molecule has 0 unspecified atom stereocenters. The number of anilines is 1. The Balaban J connectivity index is 1.85. The molecule has 124 valence electrons. The molecule has 1 aromatic carbocycles. The zero-order valence-corrected chi connectivity index (χ0v) is 13.6. The van der Waals surface area contributed by atoms with Gasteiger partial charge in [-0.3, -0.25) is 4.98 Å². The molecule has 0 saturated carbocycles. The molecule has 2 heterocycles. The van der Waals surface area contributed by atoms with Crippen molar-refractivity contribution in [2.24, 2.45) is 0 Å². The SMILES string of the molecule is O=C(O)/C=C/c1cccc(-c2cncc(N3CCCCCC3)n2)c1. The summed E-state index contributed by atoms with van der Waals surface area (Å²) < 4.78 is 0. The zero-order chi connectivity index (χ0) is 16.8. The summed E-state index contributed by atoms with van der Waals surface area (Å²) in [4.78, 5) is 22.1. The minimum absolute atomic E-state index is 0.808. The van der Waals surface area contributed by atoms with Crippen LogP contribution in [0, 0.1) is 0 Å². The first-order valence-corrected chi connectivity index (χ1v) is 8.31. The summed E-state index contributed by atoms with van der Waals surface area (Å²) in [5.74, 6) is -0.0377. The molecule has 1 fully saturated rings. The lowest BCUT2D eigenvalue weighted by molar-refractivity contribution is -0.131. The summed E-state index contributed by atoms with van der Waals surface area (Å²) in [6.07, 6.45) is 11.2. The average molecular weight is 323 g/mol. The third-order valence-electron chi connectivity index (χ3n) is 4.15. The standard InChI is InChI=1S/C19H21N3O2/c23-19(24)9-8-15-6-5-7-16(12-15)17-13-20-14-18(21-17)22-10-3-1-2-4-11-22/h5-9,12-14H,1-4,10-11H2,(H,23,24)/b9-8+. The summed E-state index contributed by atoms with van der Waals surface area (Å²) in [5.41, 5.74) is 2.57. The quantitative estimate of drug-likeness (QED) is 0.871. The average Bonchev–Trinajstić information content (AvgIpc) is 2.90. The van der Waals surface area contributed by atoms with Gasteiger partial charge in [-0.2, -0.15) is 0 Å². The maximum absolute atomic E-state index is 10.7. The van der Waals surface area contributed by atoms with Gasteiger partial charge in [-0.05, 0) is 30.5 Å². The molecule has 0 amide bonds. The molecule has 0 radical (unpaired) electrons. The van der Waals surface area contributed by atoms with Gasteiger partial charge in [0.25, 0.3) is 0 Å². The number of rotatable bonds is 4. The van der Waals surface area contributed by atoms with Crippen LogP contribution in [0.5, 0.6) is 0 Å². The van der Waals surface area contributed by atoms with E-state index in [9.17, 15) is 4.79 Å². The molecular weight excluding hydrogens is 302 g/mol. The van der Waals surface area contributed by atoms with Gasteiger partial charge in [0.2, 0.25) is 0 Å². The maximum Gasteiger partial charge on any atom is 0.328 e. The predicted octanol–water partition coefficient (Wildman–Crippen LogP) is 3.62. The minimum Gasteiger partial charge on any atom is -0.478 e. The Hall–Kier alpha value is -2.69. The zero-order valence-electron chi connectivity index (χ0n) is 13.6. The highest BCUT2D eigenvalue weighted by atomic mass is 16.4. The molecule has 0 bridgehead atoms. The number of hydrogen-bond acceptors (Lipinski definition) is 4. The number of benzene rings is 1. The number of carbonyl (C=O) groups is 1. The summed E-state index contributed by atoms with van der Waals surface area (Å²) in [6.45, 7) is 2.05. The Morgan fingerprint density at radius 1 is 1.12 bits per heavy atom. The number of carboxylic acid groups (broad SMARTS) is 1. The van der Waals surface area contributed by atoms with Crippen molar-refractivity contribution in [2.75, 3.05) is 18.0 Å². The third-order valence-corrected chi connectivity index (χ3v) is 4.15. The van der Waals surface area contributed by atoms with Crippen LogP contribution in [0.25, 0.3) is 17.3 Å². The van der Waals surface area contributed by atoms with E-state index < -0.39 is 5.97 Å². The Morgan fingerprint density at radius 2 is 1.92 bits per heavy atom. The van der Waals surface area contributed by atoms with E-state index in [1.54, 1.807) is 12.3 Å². The minimum atomic E-state index is -0.955. The number of carboxylic acids is 1. The summed E-state index contributed by atoms with van der Waals surface area (Å²) in [5, 5.41) is 8.75. The van der Waals surface area contributed by atoms with E-state index in [2.05, 4.69) is 9.88 Å². The number of nitrogens with zero attached hydrogens (tertiary/aromatic N) is 3. The van der Waals surface area contributed by atoms with E-state index in [-0.39, 0.29) is 0 Å². The van der Waals surface area contributed by atoms with Gasteiger partial charge in [0.15, 0.2) is 0 Å². The fourth-order valence-corrected chi connectivity index (χ4v) is 2.92. The molecule has 5 nitrogen and oxygen atoms in total. The van der Waals surface area contributed by atoms with E-state index in [1.807, 2.05) is 30.5 Å². The topological polar surface area (TPSA) is 66.3 Å². The molecule has 0 spiro atoms. The molecule has 0 aliphatic carbocycles. The van der Waals surface area contributed by atoms with Gasteiger partial charge in [-0.15, -0.1) is 0 Å². The molecule has 1 saturated heterocycles. The molecule has 1 aromatic heterocycles. The van der Waals surface area contributed by atoms with Gasteiger partial charge in [0, 0.05) is 24.7 Å². The Bertz CT molecular complexity index is 735. The van der Waals surface area contributed by atoms with Gasteiger partial charge in [-0.1, -0.05) is 31.0 Å². The fourth-order valence-electron chi connectivity index (χ4n) is 2.92. The van der Waals surface area contributed by atoms with Crippen LogP contribution >= 0.6 is 0 Å². The van der Waals surface area contributed by atoms with E-state index in [1.165, 1.54) is 25.7 Å². The van der Waals surface area contributed by atoms with Crippen LogP contribution < -0.4 is 4.90 Å². The third kappa shape index (κ3) is 4.19. The van der Waals surface area contributed by atoms with Crippen LogP contribution in [0.2, 0.25) is 0 Å². The highest BCUT2D eigenvalue weighted by molar-refractivity contribution is 5.85. The largest absolute Gasteiger partial charge is 0.478 e. The number of aromatic nitrogens is 2. The monoisotopic (exact) mass is 323 g/mol. The van der Waals surface area contributed by atoms with Crippen molar-refractivity contribution >= 4 is 17.9 Å². The number of hydrogen-bond donors (Lipinski definition) is 1. The van der Waals surface area contributed by atoms with Crippen LogP contribution in [-0.2, 0) is 4.79 Å². The summed E-state index contributed by atoms with van der Waals surface area (Å²) in [6, 6.07) is 7.66. The molecule has 1 aliphatic heterocycles. The maximum atomic E-state index is 10.7. The molecule has 24 heavy (non-hydrogen) atoms. The molecule has 5 heteroatoms. The fraction of sp³-hybridized carbons (Fsp3) is 0.316. The molecule has 0 atom stereocenters. The van der Waals surface area contributed by atoms with Crippen LogP contribution in [0.3, 0.4) is 0 Å². The van der Waals surface area contributed by atoms with Crippen molar-refractivity contribution in [3.05, 3.63) is 48.3 Å². The van der Waals surface area contributed by atoms with Crippen molar-refractivity contribution in [2.45, 2.75) is 25.7 Å². The second-order valence-electron chi connectivity index (χ2n) is 5.96. The first kappa shape index (κ1) is 16.2. The van der Waals surface area contributed by atoms with Gasteiger partial charge in [-0.25, -0.2) is 9.78 Å². The van der Waals surface area contributed by atoms with Gasteiger partial charge >= 0.3 is 5.97 Å². The van der Waals surface area contributed by atoms with Crippen LogP contribution in [0.4, 0.5) is 5.82 Å². The van der Waals surface area contributed by atoms with Crippen molar-refractivity contribution < 1.29 is 9.90 Å². The summed E-state index contributed by atoms with van der Waals surface area (Å²) >= 11 is 0.